The Bertz CT molecular complexity index is 878. The monoisotopic (exact) mass is 364 g/mol. The van der Waals surface area contributed by atoms with Gasteiger partial charge in [-0.15, -0.1) is 0 Å². The van der Waals surface area contributed by atoms with E-state index < -0.39 is 15.8 Å². The van der Waals surface area contributed by atoms with Crippen molar-refractivity contribution < 1.29 is 17.6 Å². The quantitative estimate of drug-likeness (QED) is 0.854. The molecular weight excluding hydrogens is 343 g/mol. The van der Waals surface area contributed by atoms with Gasteiger partial charge in [0, 0.05) is 13.1 Å². The van der Waals surface area contributed by atoms with E-state index in [-0.39, 0.29) is 27.6 Å². The highest BCUT2D eigenvalue weighted by Gasteiger charge is 2.21. The van der Waals surface area contributed by atoms with E-state index in [9.17, 15) is 17.6 Å². The van der Waals surface area contributed by atoms with Gasteiger partial charge in [-0.1, -0.05) is 12.1 Å². The maximum atomic E-state index is 13.4. The minimum Gasteiger partial charge on any atom is -0.339 e. The van der Waals surface area contributed by atoms with Crippen molar-refractivity contribution in [3.05, 3.63) is 59.4 Å². The Morgan fingerprint density at radius 1 is 1.12 bits per heavy atom. The van der Waals surface area contributed by atoms with Gasteiger partial charge in [-0.3, -0.25) is 9.52 Å². The first kappa shape index (κ1) is 18.9. The number of hydrogen-bond acceptors (Lipinski definition) is 3. The predicted molar refractivity (Wildman–Crippen MR) is 95.6 cm³/mol. The van der Waals surface area contributed by atoms with Gasteiger partial charge in [0.1, 0.15) is 5.82 Å². The summed E-state index contributed by atoms with van der Waals surface area (Å²) in [5, 5.41) is 0. The molecule has 0 spiro atoms. The molecule has 0 aliphatic heterocycles. The van der Waals surface area contributed by atoms with Gasteiger partial charge in [-0.05, 0) is 56.7 Å². The molecule has 0 aromatic heterocycles. The number of sulfonamides is 1. The molecule has 25 heavy (non-hydrogen) atoms. The lowest BCUT2D eigenvalue weighted by molar-refractivity contribution is 0.0774. The average molecular weight is 364 g/mol. The summed E-state index contributed by atoms with van der Waals surface area (Å²) < 4.78 is 41.0. The number of halogens is 1. The van der Waals surface area contributed by atoms with E-state index in [1.807, 2.05) is 13.8 Å². The molecule has 0 heterocycles. The van der Waals surface area contributed by atoms with Crippen molar-refractivity contribution >= 4 is 21.6 Å². The molecule has 0 aliphatic rings. The summed E-state index contributed by atoms with van der Waals surface area (Å²) in [4.78, 5) is 14.1. The first-order chi connectivity index (χ1) is 11.8. The largest absolute Gasteiger partial charge is 0.339 e. The Kier molecular flexibility index (Phi) is 5.79. The van der Waals surface area contributed by atoms with Crippen molar-refractivity contribution in [2.75, 3.05) is 17.8 Å². The van der Waals surface area contributed by atoms with E-state index in [1.165, 1.54) is 25.1 Å². The van der Waals surface area contributed by atoms with Crippen LogP contribution in [0.2, 0.25) is 0 Å². The predicted octanol–water partition coefficient (Wildman–Crippen LogP) is 3.42. The Morgan fingerprint density at radius 2 is 1.76 bits per heavy atom. The van der Waals surface area contributed by atoms with Crippen molar-refractivity contribution in [2.45, 2.75) is 25.7 Å². The van der Waals surface area contributed by atoms with E-state index in [4.69, 9.17) is 0 Å². The molecule has 0 unspecified atom stereocenters. The lowest BCUT2D eigenvalue weighted by Crippen LogP contribution is -2.31. The van der Waals surface area contributed by atoms with E-state index in [0.717, 1.165) is 6.07 Å². The number of rotatable bonds is 6. The molecule has 5 nitrogen and oxygen atoms in total. The molecule has 0 fully saturated rings. The minimum atomic E-state index is -3.94. The molecule has 0 bridgehead atoms. The molecule has 7 heteroatoms. The number of benzene rings is 2. The minimum absolute atomic E-state index is 0.0588. The summed E-state index contributed by atoms with van der Waals surface area (Å²) in [5.74, 6) is -0.727. The van der Waals surface area contributed by atoms with Crippen molar-refractivity contribution in [3.63, 3.8) is 0 Å². The van der Waals surface area contributed by atoms with Crippen LogP contribution in [0.15, 0.2) is 47.4 Å². The zero-order valence-corrected chi connectivity index (χ0v) is 15.2. The number of nitrogens with zero attached hydrogens (tertiary/aromatic N) is 1. The fourth-order valence-corrected chi connectivity index (χ4v) is 3.59. The molecule has 0 aliphatic carbocycles. The van der Waals surface area contributed by atoms with Crippen LogP contribution >= 0.6 is 0 Å². The highest BCUT2D eigenvalue weighted by atomic mass is 32.2. The number of amides is 1. The smallest absolute Gasteiger partial charge is 0.261 e. The van der Waals surface area contributed by atoms with E-state index in [1.54, 1.807) is 23.1 Å². The highest BCUT2D eigenvalue weighted by molar-refractivity contribution is 7.92. The lowest BCUT2D eigenvalue weighted by Gasteiger charge is -2.20. The molecule has 1 amide bonds. The molecule has 2 aromatic rings. The third-order valence-electron chi connectivity index (χ3n) is 3.89. The van der Waals surface area contributed by atoms with E-state index in [2.05, 4.69) is 4.72 Å². The first-order valence-corrected chi connectivity index (χ1v) is 9.45. The summed E-state index contributed by atoms with van der Waals surface area (Å²) in [6, 6.07) is 9.99. The molecule has 0 saturated carbocycles. The van der Waals surface area contributed by atoms with Crippen molar-refractivity contribution in [3.8, 4) is 0 Å². The number of nitrogens with one attached hydrogen (secondary N) is 1. The summed E-state index contributed by atoms with van der Waals surface area (Å²) in [6.45, 7) is 6.25. The number of para-hydroxylation sites is 1. The molecule has 2 rings (SSSR count). The van der Waals surface area contributed by atoms with Crippen LogP contribution in [0.5, 0.6) is 0 Å². The highest BCUT2D eigenvalue weighted by Crippen LogP contribution is 2.22. The molecule has 1 N–H and O–H groups in total. The average Bonchev–Trinajstić information content (AvgIpc) is 2.58. The normalized spacial score (nSPS) is 11.2. The van der Waals surface area contributed by atoms with Gasteiger partial charge in [0.15, 0.2) is 0 Å². The number of carbonyl (C=O) groups excluding carboxylic acids is 1. The Hall–Kier alpha value is -2.41. The van der Waals surface area contributed by atoms with Gasteiger partial charge in [0.25, 0.3) is 15.9 Å². The van der Waals surface area contributed by atoms with E-state index >= 15 is 0 Å². The molecule has 2 aromatic carbocycles. The number of aryl methyl sites for hydroxylation is 1. The second-order valence-electron chi connectivity index (χ2n) is 5.54. The molecule has 0 radical (unpaired) electrons. The van der Waals surface area contributed by atoms with Gasteiger partial charge < -0.3 is 4.90 Å². The Labute approximate surface area is 147 Å². The maximum absolute atomic E-state index is 13.4. The third-order valence-corrected chi connectivity index (χ3v) is 5.26. The molecular formula is C18H21FN2O3S. The van der Waals surface area contributed by atoms with Gasteiger partial charge in [0.05, 0.1) is 16.1 Å². The van der Waals surface area contributed by atoms with Crippen molar-refractivity contribution in [1.29, 1.82) is 0 Å². The summed E-state index contributed by atoms with van der Waals surface area (Å²) >= 11 is 0. The van der Waals surface area contributed by atoms with Crippen LogP contribution in [0.1, 0.15) is 29.8 Å². The van der Waals surface area contributed by atoms with Crippen molar-refractivity contribution in [1.82, 2.24) is 4.90 Å². The SMILES string of the molecule is CCN(CC)C(=O)c1ccccc1NS(=O)(=O)c1ccc(F)c(C)c1. The second-order valence-corrected chi connectivity index (χ2v) is 7.22. The fraction of sp³-hybridized carbons (Fsp3) is 0.278. The standard InChI is InChI=1S/C18H21FN2O3S/c1-4-21(5-2)18(22)15-8-6-7-9-17(15)20-25(23,24)14-10-11-16(19)13(3)12-14/h6-12,20H,4-5H2,1-3H3. The van der Waals surface area contributed by atoms with Gasteiger partial charge in [-0.25, -0.2) is 12.8 Å². The molecule has 0 atom stereocenters. The Morgan fingerprint density at radius 3 is 2.36 bits per heavy atom. The zero-order valence-electron chi connectivity index (χ0n) is 14.4. The number of hydrogen-bond donors (Lipinski definition) is 1. The maximum Gasteiger partial charge on any atom is 0.261 e. The second kappa shape index (κ2) is 7.65. The summed E-state index contributed by atoms with van der Waals surface area (Å²) in [5.41, 5.74) is 0.699. The van der Waals surface area contributed by atoms with Crippen LogP contribution in [0, 0.1) is 12.7 Å². The van der Waals surface area contributed by atoms with Crippen LogP contribution in [-0.4, -0.2) is 32.3 Å². The van der Waals surface area contributed by atoms with Gasteiger partial charge in [-0.2, -0.15) is 0 Å². The van der Waals surface area contributed by atoms with Crippen LogP contribution in [0.25, 0.3) is 0 Å². The van der Waals surface area contributed by atoms with Gasteiger partial charge >= 0.3 is 0 Å². The van der Waals surface area contributed by atoms with Crippen LogP contribution in [0.3, 0.4) is 0 Å². The van der Waals surface area contributed by atoms with Crippen molar-refractivity contribution in [2.24, 2.45) is 0 Å². The van der Waals surface area contributed by atoms with E-state index in [0.29, 0.717) is 13.1 Å². The first-order valence-electron chi connectivity index (χ1n) is 7.97. The zero-order chi connectivity index (χ0) is 18.6. The number of carbonyl (C=O) groups is 1. The van der Waals surface area contributed by atoms with Crippen LogP contribution < -0.4 is 4.72 Å². The summed E-state index contributed by atoms with van der Waals surface area (Å²) in [6.07, 6.45) is 0. The third kappa shape index (κ3) is 4.17. The topological polar surface area (TPSA) is 66.5 Å². The number of anilines is 1. The summed E-state index contributed by atoms with van der Waals surface area (Å²) in [7, 11) is -3.94. The molecule has 0 saturated heterocycles. The fourth-order valence-electron chi connectivity index (χ4n) is 2.43. The van der Waals surface area contributed by atoms with Crippen LogP contribution in [-0.2, 0) is 10.0 Å². The van der Waals surface area contributed by atoms with Crippen LogP contribution in [0.4, 0.5) is 10.1 Å². The lowest BCUT2D eigenvalue weighted by atomic mass is 10.1. The Balaban J connectivity index is 2.40. The molecule has 134 valence electrons. The van der Waals surface area contributed by atoms with Gasteiger partial charge in [0.2, 0.25) is 0 Å².